The lowest BCUT2D eigenvalue weighted by Crippen LogP contribution is -2.03. The average Bonchev–Trinajstić information content (AvgIpc) is 2.87. The van der Waals surface area contributed by atoms with E-state index in [4.69, 9.17) is 0 Å². The van der Waals surface area contributed by atoms with E-state index in [1.165, 1.54) is 27.9 Å². The maximum atomic E-state index is 13.1. The molecule has 2 heterocycles. The van der Waals surface area contributed by atoms with E-state index in [2.05, 4.69) is 34.5 Å². The molecule has 102 valence electrons. The highest BCUT2D eigenvalue weighted by Crippen LogP contribution is 2.12. The molecule has 0 aliphatic rings. The Labute approximate surface area is 116 Å². The fourth-order valence-electron chi connectivity index (χ4n) is 2.18. The molecule has 0 saturated heterocycles. The van der Waals surface area contributed by atoms with E-state index in [9.17, 15) is 4.39 Å². The Balaban J connectivity index is 1.79. The number of hydrogen-bond acceptors (Lipinski definition) is 3. The van der Waals surface area contributed by atoms with E-state index in [1.54, 1.807) is 6.07 Å². The van der Waals surface area contributed by atoms with E-state index >= 15 is 0 Å². The van der Waals surface area contributed by atoms with E-state index in [-0.39, 0.29) is 5.82 Å². The second-order valence-electron chi connectivity index (χ2n) is 4.56. The highest BCUT2D eigenvalue weighted by molar-refractivity contribution is 5.43. The normalized spacial score (nSPS) is 10.9. The van der Waals surface area contributed by atoms with Gasteiger partial charge in [-0.1, -0.05) is 31.2 Å². The smallest absolute Gasteiger partial charge is 0.243 e. The molecular formula is C15H15FN4. The molecule has 0 aliphatic carbocycles. The summed E-state index contributed by atoms with van der Waals surface area (Å²) in [6.07, 6.45) is 2.30. The first-order valence-corrected chi connectivity index (χ1v) is 6.59. The van der Waals surface area contributed by atoms with Crippen LogP contribution in [-0.4, -0.2) is 14.6 Å². The minimum Gasteiger partial charge on any atom is -0.349 e. The molecule has 0 fully saturated rings. The highest BCUT2D eigenvalue weighted by Gasteiger charge is 2.05. The van der Waals surface area contributed by atoms with Crippen molar-refractivity contribution in [3.05, 3.63) is 59.5 Å². The number of rotatable bonds is 4. The van der Waals surface area contributed by atoms with Crippen LogP contribution in [-0.2, 0) is 13.0 Å². The Morgan fingerprint density at radius 2 is 1.95 bits per heavy atom. The molecular weight excluding hydrogens is 255 g/mol. The number of benzene rings is 1. The van der Waals surface area contributed by atoms with E-state index in [1.807, 2.05) is 12.1 Å². The summed E-state index contributed by atoms with van der Waals surface area (Å²) in [5.41, 5.74) is 3.15. The van der Waals surface area contributed by atoms with Crippen molar-refractivity contribution in [3.63, 3.8) is 0 Å². The lowest BCUT2D eigenvalue weighted by molar-refractivity contribution is 0.615. The van der Waals surface area contributed by atoms with Gasteiger partial charge in [-0.25, -0.2) is 8.91 Å². The number of anilines is 1. The Bertz CT molecular complexity index is 736. The van der Waals surface area contributed by atoms with Crippen LogP contribution in [0.5, 0.6) is 0 Å². The number of aromatic nitrogens is 3. The Morgan fingerprint density at radius 3 is 2.75 bits per heavy atom. The highest BCUT2D eigenvalue weighted by atomic mass is 19.1. The van der Waals surface area contributed by atoms with Gasteiger partial charge in [0.25, 0.3) is 0 Å². The van der Waals surface area contributed by atoms with Crippen molar-refractivity contribution in [2.75, 3.05) is 5.32 Å². The molecule has 1 aromatic carbocycles. The van der Waals surface area contributed by atoms with E-state index in [0.717, 1.165) is 6.42 Å². The first-order valence-electron chi connectivity index (χ1n) is 6.59. The van der Waals surface area contributed by atoms with Crippen molar-refractivity contribution in [3.8, 4) is 0 Å². The minimum absolute atomic E-state index is 0.328. The first kappa shape index (κ1) is 12.6. The Morgan fingerprint density at radius 1 is 1.15 bits per heavy atom. The molecule has 2 aromatic heterocycles. The average molecular weight is 270 g/mol. The van der Waals surface area contributed by atoms with Crippen molar-refractivity contribution in [1.82, 2.24) is 14.6 Å². The predicted octanol–water partition coefficient (Wildman–Crippen LogP) is 3.04. The molecule has 20 heavy (non-hydrogen) atoms. The van der Waals surface area contributed by atoms with Crippen LogP contribution >= 0.6 is 0 Å². The third-order valence-electron chi connectivity index (χ3n) is 3.23. The number of nitrogens with zero attached hydrogens (tertiary/aromatic N) is 3. The van der Waals surface area contributed by atoms with Crippen LogP contribution in [0.15, 0.2) is 42.6 Å². The Hall–Kier alpha value is -2.43. The zero-order valence-corrected chi connectivity index (χ0v) is 11.2. The van der Waals surface area contributed by atoms with Crippen LogP contribution in [0.1, 0.15) is 18.1 Å². The maximum Gasteiger partial charge on any atom is 0.243 e. The summed E-state index contributed by atoms with van der Waals surface area (Å²) in [4.78, 5) is 4.30. The minimum atomic E-state index is -0.328. The van der Waals surface area contributed by atoms with Crippen LogP contribution in [0.2, 0.25) is 0 Å². The number of pyridine rings is 1. The van der Waals surface area contributed by atoms with Crippen LogP contribution in [0.3, 0.4) is 0 Å². The monoisotopic (exact) mass is 270 g/mol. The summed E-state index contributed by atoms with van der Waals surface area (Å²) in [7, 11) is 0. The standard InChI is InChI=1S/C15H15FN4/c1-2-11-5-3-4-6-12(11)9-17-15-18-14-8-7-13(16)10-20(14)19-15/h3-8,10H,2,9H2,1H3,(H,17,19). The van der Waals surface area contributed by atoms with Gasteiger partial charge >= 0.3 is 0 Å². The summed E-state index contributed by atoms with van der Waals surface area (Å²) >= 11 is 0. The molecule has 0 radical (unpaired) electrons. The van der Waals surface area contributed by atoms with Crippen LogP contribution in [0.4, 0.5) is 10.3 Å². The molecule has 0 unspecified atom stereocenters. The van der Waals surface area contributed by atoms with Gasteiger partial charge in [0.15, 0.2) is 5.65 Å². The number of nitrogens with one attached hydrogen (secondary N) is 1. The summed E-state index contributed by atoms with van der Waals surface area (Å²) < 4.78 is 14.5. The van der Waals surface area contributed by atoms with Gasteiger partial charge in [-0.15, -0.1) is 5.10 Å². The molecule has 3 rings (SSSR count). The first-order chi connectivity index (χ1) is 9.76. The largest absolute Gasteiger partial charge is 0.349 e. The molecule has 0 aliphatic heterocycles. The third kappa shape index (κ3) is 2.47. The van der Waals surface area contributed by atoms with E-state index < -0.39 is 0 Å². The van der Waals surface area contributed by atoms with Crippen molar-refractivity contribution in [2.45, 2.75) is 19.9 Å². The fraction of sp³-hybridized carbons (Fsp3) is 0.200. The molecule has 1 N–H and O–H groups in total. The Kier molecular flexibility index (Phi) is 3.33. The number of aryl methyl sites for hydroxylation is 1. The van der Waals surface area contributed by atoms with Gasteiger partial charge in [-0.2, -0.15) is 4.98 Å². The molecule has 5 heteroatoms. The predicted molar refractivity (Wildman–Crippen MR) is 76.1 cm³/mol. The zero-order valence-electron chi connectivity index (χ0n) is 11.2. The quantitative estimate of drug-likeness (QED) is 0.792. The second kappa shape index (κ2) is 5.28. The summed E-state index contributed by atoms with van der Waals surface area (Å²) in [5.74, 6) is 0.173. The topological polar surface area (TPSA) is 42.2 Å². The van der Waals surface area contributed by atoms with Gasteiger partial charge in [-0.05, 0) is 29.7 Å². The lowest BCUT2D eigenvalue weighted by atomic mass is 10.1. The molecule has 0 saturated carbocycles. The molecule has 0 spiro atoms. The van der Waals surface area contributed by atoms with Gasteiger partial charge in [0.05, 0.1) is 6.20 Å². The molecule has 0 atom stereocenters. The number of fused-ring (bicyclic) bond motifs is 1. The van der Waals surface area contributed by atoms with Crippen LogP contribution < -0.4 is 5.32 Å². The van der Waals surface area contributed by atoms with Crippen molar-refractivity contribution < 1.29 is 4.39 Å². The van der Waals surface area contributed by atoms with Gasteiger partial charge in [0, 0.05) is 6.54 Å². The van der Waals surface area contributed by atoms with Crippen molar-refractivity contribution in [1.29, 1.82) is 0 Å². The zero-order chi connectivity index (χ0) is 13.9. The summed E-state index contributed by atoms with van der Waals surface area (Å²) in [6, 6.07) is 11.2. The van der Waals surface area contributed by atoms with Crippen molar-refractivity contribution >= 4 is 11.6 Å². The lowest BCUT2D eigenvalue weighted by Gasteiger charge is -2.07. The van der Waals surface area contributed by atoms with Gasteiger partial charge in [-0.3, -0.25) is 0 Å². The molecule has 4 nitrogen and oxygen atoms in total. The number of halogens is 1. The van der Waals surface area contributed by atoms with Gasteiger partial charge < -0.3 is 5.32 Å². The SMILES string of the molecule is CCc1ccccc1CNc1nc2ccc(F)cn2n1. The van der Waals surface area contributed by atoms with Gasteiger partial charge in [0.1, 0.15) is 5.82 Å². The van der Waals surface area contributed by atoms with Gasteiger partial charge in [0.2, 0.25) is 5.95 Å². The third-order valence-corrected chi connectivity index (χ3v) is 3.23. The molecule has 0 amide bonds. The molecule has 3 aromatic rings. The van der Waals surface area contributed by atoms with E-state index in [0.29, 0.717) is 18.1 Å². The second-order valence-corrected chi connectivity index (χ2v) is 4.56. The maximum absolute atomic E-state index is 13.1. The van der Waals surface area contributed by atoms with Crippen molar-refractivity contribution in [2.24, 2.45) is 0 Å². The number of hydrogen-bond donors (Lipinski definition) is 1. The molecule has 0 bridgehead atoms. The van der Waals surface area contributed by atoms with Crippen LogP contribution in [0.25, 0.3) is 5.65 Å². The summed E-state index contributed by atoms with van der Waals surface area (Å²) in [6.45, 7) is 2.79. The summed E-state index contributed by atoms with van der Waals surface area (Å²) in [5, 5.41) is 7.38. The fourth-order valence-corrected chi connectivity index (χ4v) is 2.18. The van der Waals surface area contributed by atoms with Crippen LogP contribution in [0, 0.1) is 5.82 Å².